The van der Waals surface area contributed by atoms with Gasteiger partial charge in [0.2, 0.25) is 6.29 Å². The van der Waals surface area contributed by atoms with Gasteiger partial charge in [-0.25, -0.2) is 0 Å². The zero-order valence-corrected chi connectivity index (χ0v) is 7.49. The van der Waals surface area contributed by atoms with Crippen molar-refractivity contribution in [1.29, 1.82) is 0 Å². The molecule has 1 rings (SSSR count). The van der Waals surface area contributed by atoms with E-state index in [1.807, 2.05) is 0 Å². The van der Waals surface area contributed by atoms with Crippen LogP contribution in [0.25, 0.3) is 0 Å². The Morgan fingerprint density at radius 2 is 2.33 bits per heavy atom. The number of hydrogen-bond donors (Lipinski definition) is 0. The second-order valence-corrected chi connectivity index (χ2v) is 3.09. The molecule has 1 saturated heterocycles. The molecule has 1 fully saturated rings. The standard InChI is InChI=1S/C9H16O3/c1-2-3-4-5-8-7-11-9(6-10)12-8/h6,8-9H,2-5,7H2,1H3. The van der Waals surface area contributed by atoms with Gasteiger partial charge >= 0.3 is 0 Å². The second kappa shape index (κ2) is 5.27. The van der Waals surface area contributed by atoms with Gasteiger partial charge in [0.25, 0.3) is 0 Å². The fourth-order valence-electron chi connectivity index (χ4n) is 1.32. The fraction of sp³-hybridized carbons (Fsp3) is 0.889. The van der Waals surface area contributed by atoms with Gasteiger partial charge < -0.3 is 9.47 Å². The number of ether oxygens (including phenoxy) is 2. The molecule has 0 saturated carbocycles. The molecule has 0 amide bonds. The van der Waals surface area contributed by atoms with Crippen LogP contribution in [0.1, 0.15) is 32.6 Å². The summed E-state index contributed by atoms with van der Waals surface area (Å²) < 4.78 is 10.3. The van der Waals surface area contributed by atoms with Crippen molar-refractivity contribution in [3.05, 3.63) is 0 Å². The maximum absolute atomic E-state index is 10.2. The van der Waals surface area contributed by atoms with Gasteiger partial charge in [0.05, 0.1) is 12.7 Å². The molecule has 0 spiro atoms. The normalized spacial score (nSPS) is 29.1. The minimum absolute atomic E-state index is 0.145. The molecular weight excluding hydrogens is 156 g/mol. The molecule has 0 aromatic rings. The molecule has 0 aliphatic carbocycles. The van der Waals surface area contributed by atoms with Gasteiger partial charge in [-0.2, -0.15) is 0 Å². The first-order chi connectivity index (χ1) is 5.86. The lowest BCUT2D eigenvalue weighted by Gasteiger charge is -2.06. The quantitative estimate of drug-likeness (QED) is 0.465. The third-order valence-electron chi connectivity index (χ3n) is 2.01. The van der Waals surface area contributed by atoms with Crippen LogP contribution < -0.4 is 0 Å². The van der Waals surface area contributed by atoms with Crippen LogP contribution in [-0.2, 0) is 14.3 Å². The third-order valence-corrected chi connectivity index (χ3v) is 2.01. The maximum Gasteiger partial charge on any atom is 0.215 e. The molecule has 70 valence electrons. The first kappa shape index (κ1) is 9.68. The molecule has 0 aromatic carbocycles. The zero-order chi connectivity index (χ0) is 8.81. The maximum atomic E-state index is 10.2. The molecule has 1 aliphatic rings. The SMILES string of the molecule is CCCCCC1COC(C=O)O1. The van der Waals surface area contributed by atoms with E-state index in [1.54, 1.807) is 0 Å². The van der Waals surface area contributed by atoms with Crippen molar-refractivity contribution in [2.24, 2.45) is 0 Å². The van der Waals surface area contributed by atoms with Crippen LogP contribution in [0.5, 0.6) is 0 Å². The van der Waals surface area contributed by atoms with E-state index in [0.29, 0.717) is 12.9 Å². The fourth-order valence-corrected chi connectivity index (χ4v) is 1.32. The number of unbranched alkanes of at least 4 members (excludes halogenated alkanes) is 2. The third kappa shape index (κ3) is 2.91. The summed E-state index contributed by atoms with van der Waals surface area (Å²) in [5.74, 6) is 0. The van der Waals surface area contributed by atoms with Crippen molar-refractivity contribution in [3.8, 4) is 0 Å². The summed E-state index contributed by atoms with van der Waals surface area (Å²) >= 11 is 0. The second-order valence-electron chi connectivity index (χ2n) is 3.09. The molecule has 1 aliphatic heterocycles. The summed E-state index contributed by atoms with van der Waals surface area (Å²) in [6, 6.07) is 0. The first-order valence-corrected chi connectivity index (χ1v) is 4.59. The highest BCUT2D eigenvalue weighted by molar-refractivity contribution is 5.54. The Balaban J connectivity index is 2.06. The van der Waals surface area contributed by atoms with Gasteiger partial charge in [-0.3, -0.25) is 4.79 Å². The highest BCUT2D eigenvalue weighted by Crippen LogP contribution is 2.15. The van der Waals surface area contributed by atoms with Crippen LogP contribution in [0.2, 0.25) is 0 Å². The highest BCUT2D eigenvalue weighted by atomic mass is 16.7. The van der Waals surface area contributed by atoms with Crippen LogP contribution in [-0.4, -0.2) is 25.3 Å². The van der Waals surface area contributed by atoms with Gasteiger partial charge in [-0.15, -0.1) is 0 Å². The topological polar surface area (TPSA) is 35.5 Å². The van der Waals surface area contributed by atoms with Gasteiger partial charge in [0.1, 0.15) is 0 Å². The van der Waals surface area contributed by atoms with Crippen molar-refractivity contribution in [3.63, 3.8) is 0 Å². The average Bonchev–Trinajstić information content (AvgIpc) is 2.53. The predicted octanol–water partition coefficient (Wildman–Crippen LogP) is 1.51. The molecule has 0 bridgehead atoms. The molecule has 1 heterocycles. The molecular formula is C9H16O3. The summed E-state index contributed by atoms with van der Waals surface area (Å²) in [5, 5.41) is 0. The van der Waals surface area contributed by atoms with Crippen molar-refractivity contribution in [1.82, 2.24) is 0 Å². The van der Waals surface area contributed by atoms with E-state index < -0.39 is 6.29 Å². The highest BCUT2D eigenvalue weighted by Gasteiger charge is 2.24. The van der Waals surface area contributed by atoms with Crippen LogP contribution in [0.15, 0.2) is 0 Å². The molecule has 0 radical (unpaired) electrons. The van der Waals surface area contributed by atoms with Crippen LogP contribution in [0, 0.1) is 0 Å². The number of hydrogen-bond acceptors (Lipinski definition) is 3. The summed E-state index contributed by atoms with van der Waals surface area (Å²) in [6.07, 6.45) is 4.87. The number of aldehydes is 1. The summed E-state index contributed by atoms with van der Waals surface area (Å²) in [4.78, 5) is 10.2. The lowest BCUT2D eigenvalue weighted by Crippen LogP contribution is -2.12. The van der Waals surface area contributed by atoms with E-state index in [0.717, 1.165) is 12.8 Å². The Kier molecular flexibility index (Phi) is 4.25. The van der Waals surface area contributed by atoms with Crippen LogP contribution in [0.3, 0.4) is 0 Å². The first-order valence-electron chi connectivity index (χ1n) is 4.59. The minimum Gasteiger partial charge on any atom is -0.343 e. The largest absolute Gasteiger partial charge is 0.343 e. The van der Waals surface area contributed by atoms with Crippen molar-refractivity contribution in [2.75, 3.05) is 6.61 Å². The average molecular weight is 172 g/mol. The van der Waals surface area contributed by atoms with E-state index in [-0.39, 0.29) is 6.10 Å². The molecule has 0 aromatic heterocycles. The van der Waals surface area contributed by atoms with Gasteiger partial charge in [-0.05, 0) is 6.42 Å². The van der Waals surface area contributed by atoms with Crippen molar-refractivity contribution < 1.29 is 14.3 Å². The number of rotatable bonds is 5. The van der Waals surface area contributed by atoms with E-state index in [2.05, 4.69) is 6.92 Å². The minimum atomic E-state index is -0.600. The van der Waals surface area contributed by atoms with E-state index in [4.69, 9.17) is 9.47 Å². The molecule has 12 heavy (non-hydrogen) atoms. The Morgan fingerprint density at radius 1 is 1.50 bits per heavy atom. The van der Waals surface area contributed by atoms with E-state index >= 15 is 0 Å². The summed E-state index contributed by atoms with van der Waals surface area (Å²) in [6.45, 7) is 2.74. The monoisotopic (exact) mass is 172 g/mol. The molecule has 0 N–H and O–H groups in total. The van der Waals surface area contributed by atoms with Crippen molar-refractivity contribution in [2.45, 2.75) is 45.0 Å². The molecule has 2 atom stereocenters. The Hall–Kier alpha value is -0.410. The Bertz CT molecular complexity index is 136. The van der Waals surface area contributed by atoms with Crippen molar-refractivity contribution >= 4 is 6.29 Å². The zero-order valence-electron chi connectivity index (χ0n) is 7.49. The lowest BCUT2D eigenvalue weighted by atomic mass is 10.1. The summed E-state index contributed by atoms with van der Waals surface area (Å²) in [7, 11) is 0. The van der Waals surface area contributed by atoms with E-state index in [1.165, 1.54) is 12.8 Å². The number of carbonyl (C=O) groups excluding carboxylic acids is 1. The van der Waals surface area contributed by atoms with Crippen LogP contribution in [0.4, 0.5) is 0 Å². The Morgan fingerprint density at radius 3 is 2.92 bits per heavy atom. The molecule has 3 nitrogen and oxygen atoms in total. The predicted molar refractivity (Wildman–Crippen MR) is 44.8 cm³/mol. The van der Waals surface area contributed by atoms with Gasteiger partial charge in [0, 0.05) is 0 Å². The summed E-state index contributed by atoms with van der Waals surface area (Å²) in [5.41, 5.74) is 0. The number of carbonyl (C=O) groups is 1. The molecule has 3 heteroatoms. The van der Waals surface area contributed by atoms with E-state index in [9.17, 15) is 4.79 Å². The molecule has 2 unspecified atom stereocenters. The van der Waals surface area contributed by atoms with Gasteiger partial charge in [-0.1, -0.05) is 26.2 Å². The Labute approximate surface area is 73.0 Å². The lowest BCUT2D eigenvalue weighted by molar-refractivity contribution is -0.133. The van der Waals surface area contributed by atoms with Gasteiger partial charge in [0.15, 0.2) is 6.29 Å². The van der Waals surface area contributed by atoms with Crippen LogP contribution >= 0.6 is 0 Å². The smallest absolute Gasteiger partial charge is 0.215 e.